The van der Waals surface area contributed by atoms with Gasteiger partial charge in [0.15, 0.2) is 5.78 Å². The van der Waals surface area contributed by atoms with Crippen molar-refractivity contribution in [1.82, 2.24) is 0 Å². The molecule has 0 heterocycles. The lowest BCUT2D eigenvalue weighted by Gasteiger charge is -2.10. The molecule has 2 aromatic rings. The lowest BCUT2D eigenvalue weighted by molar-refractivity contribution is 0.103. The van der Waals surface area contributed by atoms with Crippen molar-refractivity contribution in [2.75, 3.05) is 6.61 Å². The minimum Gasteiger partial charge on any atom is -0.493 e. The first-order valence-corrected chi connectivity index (χ1v) is 7.45. The number of hydrogen-bond donors (Lipinski definition) is 0. The molecular weight excluding hydrogens is 316 g/mol. The van der Waals surface area contributed by atoms with Gasteiger partial charge in [-0.25, -0.2) is 0 Å². The normalized spacial score (nSPS) is 10.3. The standard InChI is InChI=1S/C17H17BrO2/c1-3-8-20-16-7-5-4-6-15(16)17(19)13-9-12(2)10-14(18)11-13/h4-7,9-11H,3,8H2,1-2H3. The van der Waals surface area contributed by atoms with Crippen LogP contribution in [0.3, 0.4) is 0 Å². The number of aryl methyl sites for hydroxylation is 1. The van der Waals surface area contributed by atoms with Crippen molar-refractivity contribution in [3.8, 4) is 5.75 Å². The highest BCUT2D eigenvalue weighted by Gasteiger charge is 2.15. The summed E-state index contributed by atoms with van der Waals surface area (Å²) < 4.78 is 6.57. The number of ketones is 1. The lowest BCUT2D eigenvalue weighted by atomic mass is 10.0. The van der Waals surface area contributed by atoms with Crippen LogP contribution in [-0.2, 0) is 0 Å². The molecule has 3 heteroatoms. The molecule has 0 atom stereocenters. The van der Waals surface area contributed by atoms with Crippen LogP contribution in [0.25, 0.3) is 0 Å². The lowest BCUT2D eigenvalue weighted by Crippen LogP contribution is -2.06. The molecule has 2 rings (SSSR count). The number of benzene rings is 2. The summed E-state index contributed by atoms with van der Waals surface area (Å²) in [6.45, 7) is 4.63. The average molecular weight is 333 g/mol. The third-order valence-corrected chi connectivity index (χ3v) is 3.36. The molecule has 0 fully saturated rings. The van der Waals surface area contributed by atoms with Crippen LogP contribution in [0.15, 0.2) is 46.9 Å². The summed E-state index contributed by atoms with van der Waals surface area (Å²) in [6.07, 6.45) is 0.915. The van der Waals surface area contributed by atoms with Gasteiger partial charge in [0.1, 0.15) is 5.75 Å². The van der Waals surface area contributed by atoms with Crippen LogP contribution >= 0.6 is 15.9 Å². The number of rotatable bonds is 5. The Labute approximate surface area is 127 Å². The molecule has 0 radical (unpaired) electrons. The van der Waals surface area contributed by atoms with E-state index in [0.29, 0.717) is 23.5 Å². The first-order valence-electron chi connectivity index (χ1n) is 6.65. The second kappa shape index (κ2) is 6.71. The maximum Gasteiger partial charge on any atom is 0.196 e. The van der Waals surface area contributed by atoms with E-state index in [1.54, 1.807) is 0 Å². The van der Waals surface area contributed by atoms with Crippen molar-refractivity contribution in [3.05, 3.63) is 63.6 Å². The summed E-state index contributed by atoms with van der Waals surface area (Å²) in [4.78, 5) is 12.6. The zero-order chi connectivity index (χ0) is 14.5. The van der Waals surface area contributed by atoms with Crippen molar-refractivity contribution < 1.29 is 9.53 Å². The Morgan fingerprint density at radius 1 is 1.20 bits per heavy atom. The number of carbonyl (C=O) groups excluding carboxylic acids is 1. The monoisotopic (exact) mass is 332 g/mol. The van der Waals surface area contributed by atoms with Gasteiger partial charge in [-0.2, -0.15) is 0 Å². The zero-order valence-corrected chi connectivity index (χ0v) is 13.2. The Hall–Kier alpha value is -1.61. The van der Waals surface area contributed by atoms with Gasteiger partial charge in [-0.05, 0) is 49.2 Å². The fourth-order valence-electron chi connectivity index (χ4n) is 2.02. The topological polar surface area (TPSA) is 26.3 Å². The predicted octanol–water partition coefficient (Wildman–Crippen LogP) is 4.78. The first kappa shape index (κ1) is 14.8. The van der Waals surface area contributed by atoms with Gasteiger partial charge >= 0.3 is 0 Å². The van der Waals surface area contributed by atoms with Crippen molar-refractivity contribution in [2.45, 2.75) is 20.3 Å². The highest BCUT2D eigenvalue weighted by atomic mass is 79.9. The molecule has 0 spiro atoms. The molecule has 0 aliphatic rings. The minimum absolute atomic E-state index is 0.0129. The van der Waals surface area contributed by atoms with Gasteiger partial charge in [-0.1, -0.05) is 35.0 Å². The van der Waals surface area contributed by atoms with Crippen LogP contribution in [0.4, 0.5) is 0 Å². The fraction of sp³-hybridized carbons (Fsp3) is 0.235. The van der Waals surface area contributed by atoms with E-state index in [-0.39, 0.29) is 5.78 Å². The Morgan fingerprint density at radius 2 is 1.95 bits per heavy atom. The van der Waals surface area contributed by atoms with Crippen LogP contribution in [0.2, 0.25) is 0 Å². The highest BCUT2D eigenvalue weighted by Crippen LogP contribution is 2.24. The Kier molecular flexibility index (Phi) is 4.96. The molecule has 0 unspecified atom stereocenters. The molecule has 104 valence electrons. The number of hydrogen-bond acceptors (Lipinski definition) is 2. The molecule has 0 N–H and O–H groups in total. The molecule has 0 saturated carbocycles. The summed E-state index contributed by atoms with van der Waals surface area (Å²) in [5.74, 6) is 0.637. The summed E-state index contributed by atoms with van der Waals surface area (Å²) in [5, 5.41) is 0. The smallest absolute Gasteiger partial charge is 0.196 e. The summed E-state index contributed by atoms with van der Waals surface area (Å²) in [5.41, 5.74) is 2.33. The largest absolute Gasteiger partial charge is 0.493 e. The minimum atomic E-state index is -0.0129. The summed E-state index contributed by atoms with van der Waals surface area (Å²) >= 11 is 3.43. The Morgan fingerprint density at radius 3 is 2.65 bits per heavy atom. The van der Waals surface area contributed by atoms with Gasteiger partial charge < -0.3 is 4.74 Å². The molecule has 2 nitrogen and oxygen atoms in total. The number of halogens is 1. The van der Waals surface area contributed by atoms with E-state index in [2.05, 4.69) is 15.9 Å². The molecule has 0 bridgehead atoms. The van der Waals surface area contributed by atoms with Crippen LogP contribution in [0.5, 0.6) is 5.75 Å². The fourth-order valence-corrected chi connectivity index (χ4v) is 2.62. The molecule has 2 aromatic carbocycles. The van der Waals surface area contributed by atoms with Gasteiger partial charge in [-0.3, -0.25) is 4.79 Å². The number of ether oxygens (including phenoxy) is 1. The van der Waals surface area contributed by atoms with E-state index >= 15 is 0 Å². The number of carbonyl (C=O) groups is 1. The van der Waals surface area contributed by atoms with Crippen LogP contribution in [0.1, 0.15) is 34.8 Å². The average Bonchev–Trinajstić information content (AvgIpc) is 2.43. The molecule has 0 amide bonds. The van der Waals surface area contributed by atoms with E-state index < -0.39 is 0 Å². The summed E-state index contributed by atoms with van der Waals surface area (Å²) in [6, 6.07) is 13.1. The highest BCUT2D eigenvalue weighted by molar-refractivity contribution is 9.10. The van der Waals surface area contributed by atoms with Crippen molar-refractivity contribution in [3.63, 3.8) is 0 Å². The van der Waals surface area contributed by atoms with E-state index in [1.165, 1.54) is 0 Å². The SMILES string of the molecule is CCCOc1ccccc1C(=O)c1cc(C)cc(Br)c1. The quantitative estimate of drug-likeness (QED) is 0.736. The van der Waals surface area contributed by atoms with Crippen LogP contribution in [-0.4, -0.2) is 12.4 Å². The van der Waals surface area contributed by atoms with Crippen molar-refractivity contribution >= 4 is 21.7 Å². The predicted molar refractivity (Wildman–Crippen MR) is 84.5 cm³/mol. The maximum atomic E-state index is 12.6. The Balaban J connectivity index is 2.37. The van der Waals surface area contributed by atoms with E-state index in [9.17, 15) is 4.79 Å². The molecule has 0 saturated heterocycles. The number of para-hydroxylation sites is 1. The maximum absolute atomic E-state index is 12.6. The molecule has 0 aromatic heterocycles. The molecule has 0 aliphatic carbocycles. The molecule has 20 heavy (non-hydrogen) atoms. The van der Waals surface area contributed by atoms with Crippen molar-refractivity contribution in [1.29, 1.82) is 0 Å². The third kappa shape index (κ3) is 3.48. The van der Waals surface area contributed by atoms with Gasteiger partial charge in [0.2, 0.25) is 0 Å². The van der Waals surface area contributed by atoms with Gasteiger partial charge in [0, 0.05) is 10.0 Å². The van der Waals surface area contributed by atoms with E-state index in [0.717, 1.165) is 16.5 Å². The Bertz CT molecular complexity index is 600. The van der Waals surface area contributed by atoms with E-state index in [4.69, 9.17) is 4.74 Å². The second-order valence-electron chi connectivity index (χ2n) is 4.69. The molecular formula is C17H17BrO2. The summed E-state index contributed by atoms with van der Waals surface area (Å²) in [7, 11) is 0. The van der Waals surface area contributed by atoms with Gasteiger partial charge in [0.05, 0.1) is 12.2 Å². The van der Waals surface area contributed by atoms with Crippen molar-refractivity contribution in [2.24, 2.45) is 0 Å². The second-order valence-corrected chi connectivity index (χ2v) is 5.61. The zero-order valence-electron chi connectivity index (χ0n) is 11.7. The van der Waals surface area contributed by atoms with E-state index in [1.807, 2.05) is 56.3 Å². The van der Waals surface area contributed by atoms with Gasteiger partial charge in [0.25, 0.3) is 0 Å². The molecule has 0 aliphatic heterocycles. The van der Waals surface area contributed by atoms with Gasteiger partial charge in [-0.15, -0.1) is 0 Å². The van der Waals surface area contributed by atoms with Crippen LogP contribution in [0, 0.1) is 6.92 Å². The van der Waals surface area contributed by atoms with Crippen LogP contribution < -0.4 is 4.74 Å². The third-order valence-electron chi connectivity index (χ3n) is 2.90. The first-order chi connectivity index (χ1) is 9.61.